The van der Waals surface area contributed by atoms with Gasteiger partial charge < -0.3 is 10.1 Å². The fourth-order valence-corrected chi connectivity index (χ4v) is 3.30. The molecule has 0 atom stereocenters. The third-order valence-corrected chi connectivity index (χ3v) is 4.73. The molecule has 1 aromatic carbocycles. The van der Waals surface area contributed by atoms with E-state index in [0.717, 1.165) is 11.3 Å². The highest BCUT2D eigenvalue weighted by Gasteiger charge is 2.20. The van der Waals surface area contributed by atoms with Gasteiger partial charge in [0.15, 0.2) is 11.4 Å². The van der Waals surface area contributed by atoms with Crippen LogP contribution in [0.25, 0.3) is 5.65 Å². The zero-order valence-corrected chi connectivity index (χ0v) is 14.9. The molecular formula is C17H14BrFN4O2. The Labute approximate surface area is 151 Å². The van der Waals surface area contributed by atoms with Crippen molar-refractivity contribution >= 4 is 33.3 Å². The van der Waals surface area contributed by atoms with Crippen molar-refractivity contribution in [1.29, 1.82) is 0 Å². The molecule has 0 bridgehead atoms. The second-order valence-corrected chi connectivity index (χ2v) is 6.61. The second-order valence-electron chi connectivity index (χ2n) is 5.76. The molecule has 1 aliphatic heterocycles. The van der Waals surface area contributed by atoms with Crippen molar-refractivity contribution in [2.45, 2.75) is 19.9 Å². The smallest absolute Gasteiger partial charge is 0.208 e. The van der Waals surface area contributed by atoms with Crippen molar-refractivity contribution in [3.8, 4) is 5.75 Å². The van der Waals surface area contributed by atoms with Crippen LogP contribution in [0.1, 0.15) is 28.5 Å². The number of rotatable bonds is 4. The van der Waals surface area contributed by atoms with Gasteiger partial charge in [0.05, 0.1) is 11.1 Å². The fourth-order valence-electron chi connectivity index (χ4n) is 2.92. The zero-order valence-electron chi connectivity index (χ0n) is 13.3. The van der Waals surface area contributed by atoms with E-state index in [-0.39, 0.29) is 18.1 Å². The SMILES string of the molecule is CC(=O)c1cn2c(NCc3c(F)ccc4c3CCO4)ncc(Br)c2n1. The molecule has 128 valence electrons. The van der Waals surface area contributed by atoms with Crippen LogP contribution >= 0.6 is 15.9 Å². The summed E-state index contributed by atoms with van der Waals surface area (Å²) in [5, 5.41) is 3.14. The quantitative estimate of drug-likeness (QED) is 0.675. The number of anilines is 1. The summed E-state index contributed by atoms with van der Waals surface area (Å²) >= 11 is 3.38. The van der Waals surface area contributed by atoms with Crippen LogP contribution in [0, 0.1) is 5.82 Å². The molecule has 0 aliphatic carbocycles. The lowest BCUT2D eigenvalue weighted by Gasteiger charge is -2.12. The minimum Gasteiger partial charge on any atom is -0.493 e. The number of ether oxygens (including phenoxy) is 1. The summed E-state index contributed by atoms with van der Waals surface area (Å²) in [7, 11) is 0. The third-order valence-electron chi connectivity index (χ3n) is 4.17. The summed E-state index contributed by atoms with van der Waals surface area (Å²) in [4.78, 5) is 20.2. The van der Waals surface area contributed by atoms with E-state index in [4.69, 9.17) is 4.74 Å². The number of Topliss-reactive ketones (excluding diaryl/α,β-unsaturated/α-hetero) is 1. The Bertz CT molecular complexity index is 1000. The van der Waals surface area contributed by atoms with Crippen molar-refractivity contribution in [1.82, 2.24) is 14.4 Å². The minimum atomic E-state index is -0.278. The number of hydrogen-bond donors (Lipinski definition) is 1. The number of halogens is 2. The van der Waals surface area contributed by atoms with Gasteiger partial charge in [-0.15, -0.1) is 0 Å². The van der Waals surface area contributed by atoms with Gasteiger partial charge in [0.2, 0.25) is 5.95 Å². The molecule has 2 aromatic heterocycles. The van der Waals surface area contributed by atoms with E-state index in [9.17, 15) is 9.18 Å². The average Bonchev–Trinajstić information content (AvgIpc) is 3.22. The largest absolute Gasteiger partial charge is 0.493 e. The van der Waals surface area contributed by atoms with Crippen LogP contribution < -0.4 is 10.1 Å². The second kappa shape index (κ2) is 6.11. The molecule has 3 aromatic rings. The zero-order chi connectivity index (χ0) is 17.6. The normalized spacial score (nSPS) is 12.9. The summed E-state index contributed by atoms with van der Waals surface area (Å²) in [6.07, 6.45) is 3.91. The van der Waals surface area contributed by atoms with E-state index >= 15 is 0 Å². The van der Waals surface area contributed by atoms with Crippen molar-refractivity contribution in [2.24, 2.45) is 0 Å². The molecule has 0 unspecified atom stereocenters. The molecule has 0 spiro atoms. The first-order valence-corrected chi connectivity index (χ1v) is 8.55. The van der Waals surface area contributed by atoms with Crippen molar-refractivity contribution < 1.29 is 13.9 Å². The van der Waals surface area contributed by atoms with E-state index in [1.54, 1.807) is 22.9 Å². The van der Waals surface area contributed by atoms with Crippen molar-refractivity contribution in [3.05, 3.63) is 51.6 Å². The van der Waals surface area contributed by atoms with E-state index in [1.807, 2.05) is 0 Å². The molecular weight excluding hydrogens is 391 g/mol. The van der Waals surface area contributed by atoms with Gasteiger partial charge in [0.25, 0.3) is 0 Å². The van der Waals surface area contributed by atoms with Gasteiger partial charge in [-0.2, -0.15) is 0 Å². The van der Waals surface area contributed by atoms with Gasteiger partial charge in [0, 0.05) is 43.4 Å². The van der Waals surface area contributed by atoms with E-state index in [0.29, 0.717) is 40.4 Å². The first-order chi connectivity index (χ1) is 12.0. The summed E-state index contributed by atoms with van der Waals surface area (Å²) in [6, 6.07) is 3.07. The maximum atomic E-state index is 14.2. The molecule has 0 fully saturated rings. The van der Waals surface area contributed by atoms with Crippen LogP contribution in [0.4, 0.5) is 10.3 Å². The minimum absolute atomic E-state index is 0.134. The maximum Gasteiger partial charge on any atom is 0.208 e. The van der Waals surface area contributed by atoms with E-state index in [1.165, 1.54) is 13.0 Å². The monoisotopic (exact) mass is 404 g/mol. The molecule has 0 radical (unpaired) electrons. The van der Waals surface area contributed by atoms with Crippen molar-refractivity contribution in [2.75, 3.05) is 11.9 Å². The lowest BCUT2D eigenvalue weighted by molar-refractivity contribution is 0.101. The number of aromatic nitrogens is 3. The molecule has 8 heteroatoms. The molecule has 0 amide bonds. The van der Waals surface area contributed by atoms with Crippen LogP contribution in [0.3, 0.4) is 0 Å². The number of imidazole rings is 1. The number of hydrogen-bond acceptors (Lipinski definition) is 5. The van der Waals surface area contributed by atoms with Gasteiger partial charge in [-0.05, 0) is 28.1 Å². The number of benzene rings is 1. The van der Waals surface area contributed by atoms with Gasteiger partial charge in [-0.3, -0.25) is 9.20 Å². The molecule has 0 saturated heterocycles. The van der Waals surface area contributed by atoms with Gasteiger partial charge in [-0.1, -0.05) is 0 Å². The van der Waals surface area contributed by atoms with Gasteiger partial charge in [0.1, 0.15) is 17.3 Å². The molecule has 1 aliphatic rings. The van der Waals surface area contributed by atoms with E-state index in [2.05, 4.69) is 31.2 Å². The van der Waals surface area contributed by atoms with Crippen LogP contribution in [-0.4, -0.2) is 26.8 Å². The van der Waals surface area contributed by atoms with Crippen LogP contribution in [0.2, 0.25) is 0 Å². The highest BCUT2D eigenvalue weighted by molar-refractivity contribution is 9.10. The number of ketones is 1. The Balaban J connectivity index is 1.70. The van der Waals surface area contributed by atoms with Crippen LogP contribution in [0.5, 0.6) is 5.75 Å². The Morgan fingerprint density at radius 2 is 2.32 bits per heavy atom. The summed E-state index contributed by atoms with van der Waals surface area (Å²) in [5.41, 5.74) is 2.37. The Hall–Kier alpha value is -2.48. The maximum absolute atomic E-state index is 14.2. The first kappa shape index (κ1) is 16.0. The van der Waals surface area contributed by atoms with Crippen LogP contribution in [-0.2, 0) is 13.0 Å². The Morgan fingerprint density at radius 3 is 3.12 bits per heavy atom. The predicted octanol–water partition coefficient (Wildman–Crippen LogP) is 3.38. The molecule has 1 N–H and O–H groups in total. The predicted molar refractivity (Wildman–Crippen MR) is 93.6 cm³/mol. The molecule has 4 rings (SSSR count). The summed E-state index contributed by atoms with van der Waals surface area (Å²) < 4.78 is 22.1. The molecule has 25 heavy (non-hydrogen) atoms. The van der Waals surface area contributed by atoms with Gasteiger partial charge >= 0.3 is 0 Å². The Kier molecular flexibility index (Phi) is 3.91. The number of carbonyl (C=O) groups excluding carboxylic acids is 1. The highest BCUT2D eigenvalue weighted by Crippen LogP contribution is 2.30. The summed E-state index contributed by atoms with van der Waals surface area (Å²) in [6.45, 7) is 2.28. The fraction of sp³-hybridized carbons (Fsp3) is 0.235. The standard InChI is InChI=1S/C17H14BrFN4O2/c1-9(24)14-8-23-16(22-14)12(18)7-21-17(23)20-6-11-10-4-5-25-15(10)3-2-13(11)19/h2-3,7-8H,4-6H2,1H3,(H,20,21). The summed E-state index contributed by atoms with van der Waals surface area (Å²) in [5.74, 6) is 0.800. The molecule has 0 saturated carbocycles. The average molecular weight is 405 g/mol. The number of nitrogens with one attached hydrogen (secondary N) is 1. The number of nitrogens with zero attached hydrogens (tertiary/aromatic N) is 3. The lowest BCUT2D eigenvalue weighted by Crippen LogP contribution is -2.09. The lowest BCUT2D eigenvalue weighted by atomic mass is 10.0. The number of carbonyl (C=O) groups is 1. The van der Waals surface area contributed by atoms with Gasteiger partial charge in [-0.25, -0.2) is 14.4 Å². The van der Waals surface area contributed by atoms with Crippen LogP contribution in [0.15, 0.2) is 29.0 Å². The highest BCUT2D eigenvalue weighted by atomic mass is 79.9. The van der Waals surface area contributed by atoms with E-state index < -0.39 is 0 Å². The number of fused-ring (bicyclic) bond motifs is 2. The van der Waals surface area contributed by atoms with Crippen molar-refractivity contribution in [3.63, 3.8) is 0 Å². The topological polar surface area (TPSA) is 68.5 Å². The molecule has 3 heterocycles. The third kappa shape index (κ3) is 2.76. The molecule has 6 nitrogen and oxygen atoms in total. The Morgan fingerprint density at radius 1 is 1.48 bits per heavy atom. The first-order valence-electron chi connectivity index (χ1n) is 7.76.